The van der Waals surface area contributed by atoms with Crippen molar-refractivity contribution in [3.05, 3.63) is 0 Å². The van der Waals surface area contributed by atoms with Crippen LogP contribution in [0.25, 0.3) is 0 Å². The summed E-state index contributed by atoms with van der Waals surface area (Å²) in [6.07, 6.45) is -13.8. The standard InChI is InChI=1S/C92H163N3O41.CO2/c1-59-13-11-19-66(84(59)135-91-82(108)80(106)76(102)61(3)128-91)131-89-74(86(78(104)69(55-96)133-89)127-24-23-63-15-7-5-8-16-63)94-71(99)22-21-65(98)57-125-51-49-123-47-45-121-43-41-119-39-37-117-35-33-115-31-29-113-27-25-112-26-28-114-30-32-116-34-36-118-38-40-120-42-44-122-46-48-124-50-52-126-58-73(101)93-54-72(100)95-75-87(130-68(88(110)111)53-64-17-9-6-10-18-64)79(105)70(56-97)134-90(75)132-67-20-12-14-60(2)85(67)136-92-83(109)81(107)77(103)62(4)129-92;2-1-3/h59-64,66-70,74-87,89-92,96-97,102-109H,5-58H2,1-4H3,(H,93,101)(H,94,99)(H,95,100)(H,110,111);/t59?,60?,61?,62?,66-,67-,68+,69+,70+,74?,75?,76-,77-,78+,79+,80+,81+,82?,83?,84-,85-,86?,87?,89-,90-,91+,92+;/m1./s1. The molecule has 4 aliphatic carbocycles. The third-order valence-corrected chi connectivity index (χ3v) is 25.5. The zero-order valence-corrected chi connectivity index (χ0v) is 81.4. The van der Waals surface area contributed by atoms with Crippen LogP contribution in [0.2, 0.25) is 0 Å². The Hall–Kier alpha value is -4.47. The molecule has 4 aliphatic heterocycles. The fraction of sp³-hybridized carbons (Fsp3) is 0.935. The molecule has 139 heavy (non-hydrogen) atoms. The highest BCUT2D eigenvalue weighted by Crippen LogP contribution is 2.40. The molecule has 8 rings (SSSR count). The van der Waals surface area contributed by atoms with Gasteiger partial charge in [-0.05, 0) is 76.0 Å². The van der Waals surface area contributed by atoms with Crippen LogP contribution >= 0.6 is 0 Å². The average molecular weight is 2010 g/mol. The second-order valence-electron chi connectivity index (χ2n) is 36.1. The third-order valence-electron chi connectivity index (χ3n) is 25.5. The van der Waals surface area contributed by atoms with Gasteiger partial charge in [-0.2, -0.15) is 9.59 Å². The molecule has 8 aliphatic rings. The van der Waals surface area contributed by atoms with Crippen molar-refractivity contribution in [2.75, 3.05) is 225 Å². The Morgan fingerprint density at radius 1 is 0.345 bits per heavy atom. The lowest BCUT2D eigenvalue weighted by atomic mass is 9.85. The number of hydrogen-bond donors (Lipinski definition) is 14. The SMILES string of the molecule is CC1O[C@@H](O[C@@H]2C(C)CCC[C@H]2O[C@@H]2O[C@@H](CO)[C@H](O)C(OCCC3CCCCC3)C2NC(=O)CCC(=O)COCCOCCOCCOCCOCCOCCOCCOCCOCCOCCOCCOCCOCCOCCOCC(=O)NCC(=O)NC2C(O[C@@H](CC3CCCCC3)C(=O)O)[C@@H](O)[C@H](CO)O[C@H]2O[C@@H]2CCCC(C)[C@H]2O[C@@H]2OC(C)[C@@H](O)[C@H](O)C2O)C(O)[C@@H](O)[C@@H]1O.O=C=O. The van der Waals surface area contributed by atoms with Gasteiger partial charge in [-0.15, -0.1) is 0 Å². The van der Waals surface area contributed by atoms with Crippen molar-refractivity contribution in [3.8, 4) is 0 Å². The number of aliphatic carboxylic acids is 1. The fourth-order valence-corrected chi connectivity index (χ4v) is 17.7. The maximum atomic E-state index is 13.7. The Balaban J connectivity index is 0.00000864. The Morgan fingerprint density at radius 2 is 0.691 bits per heavy atom. The summed E-state index contributed by atoms with van der Waals surface area (Å²) in [6, 6.07) is -2.47. The number of carbonyl (C=O) groups is 5. The lowest BCUT2D eigenvalue weighted by Crippen LogP contribution is -2.67. The van der Waals surface area contributed by atoms with Gasteiger partial charge in [0.25, 0.3) is 0 Å². The van der Waals surface area contributed by atoms with Crippen LogP contribution in [0.5, 0.6) is 0 Å². The van der Waals surface area contributed by atoms with Crippen LogP contribution in [-0.4, -0.2) is 470 Å². The van der Waals surface area contributed by atoms with Gasteiger partial charge in [-0.1, -0.05) is 90.9 Å². The van der Waals surface area contributed by atoms with Crippen LogP contribution in [0.4, 0.5) is 0 Å². The van der Waals surface area contributed by atoms with E-state index in [1.807, 2.05) is 13.8 Å². The van der Waals surface area contributed by atoms with E-state index in [1.165, 1.54) is 13.3 Å². The normalized spacial score (nSPS) is 31.2. The molecule has 4 saturated carbocycles. The summed E-state index contributed by atoms with van der Waals surface area (Å²) >= 11 is 0. The van der Waals surface area contributed by atoms with Gasteiger partial charge in [0.15, 0.2) is 37.0 Å². The lowest BCUT2D eigenvalue weighted by molar-refractivity contribution is -0.336. The number of aliphatic hydroxyl groups is 10. The predicted octanol–water partition coefficient (Wildman–Crippen LogP) is -1.76. The molecule has 0 aromatic rings. The maximum absolute atomic E-state index is 13.7. The predicted molar refractivity (Wildman–Crippen MR) is 481 cm³/mol. The van der Waals surface area contributed by atoms with Crippen LogP contribution in [-0.2, 0) is 152 Å². The van der Waals surface area contributed by atoms with Gasteiger partial charge in [0.05, 0.1) is 241 Å². The number of hydrogen-bond acceptors (Lipinski definition) is 42. The summed E-state index contributed by atoms with van der Waals surface area (Å²) in [5.74, 6) is -3.34. The third kappa shape index (κ3) is 46.2. The van der Waals surface area contributed by atoms with E-state index in [2.05, 4.69) is 16.0 Å². The molecular weight excluding hydrogens is 1850 g/mol. The van der Waals surface area contributed by atoms with E-state index in [9.17, 15) is 80.1 Å². The van der Waals surface area contributed by atoms with Crippen molar-refractivity contribution < 1.29 is 208 Å². The molecule has 46 heteroatoms. The number of amides is 3. The first kappa shape index (κ1) is 121. The number of carboxylic acids is 1. The number of carboxylic acid groups (broad SMARTS) is 1. The van der Waals surface area contributed by atoms with Crippen molar-refractivity contribution in [3.63, 3.8) is 0 Å². The van der Waals surface area contributed by atoms with Crippen molar-refractivity contribution in [1.82, 2.24) is 16.0 Å². The Kier molecular flexibility index (Phi) is 62.9. The number of rotatable bonds is 72. The number of ketones is 1. The molecule has 808 valence electrons. The van der Waals surface area contributed by atoms with E-state index in [0.29, 0.717) is 177 Å². The lowest BCUT2D eigenvalue weighted by Gasteiger charge is -2.48. The highest BCUT2D eigenvalue weighted by molar-refractivity contribution is 5.86. The quantitative estimate of drug-likeness (QED) is 0.0300. The van der Waals surface area contributed by atoms with E-state index in [-0.39, 0.29) is 102 Å². The van der Waals surface area contributed by atoms with Gasteiger partial charge < -0.3 is 191 Å². The smallest absolute Gasteiger partial charge is 0.373 e. The zero-order valence-electron chi connectivity index (χ0n) is 81.4. The molecule has 0 spiro atoms. The molecular formula is C93H163N3O43. The summed E-state index contributed by atoms with van der Waals surface area (Å²) in [5, 5.41) is 126. The van der Waals surface area contributed by atoms with Crippen LogP contribution in [0.1, 0.15) is 156 Å². The zero-order chi connectivity index (χ0) is 100. The second kappa shape index (κ2) is 72.0. The van der Waals surface area contributed by atoms with Gasteiger partial charge >= 0.3 is 12.1 Å². The molecule has 46 nitrogen and oxygen atoms in total. The van der Waals surface area contributed by atoms with E-state index >= 15 is 0 Å². The summed E-state index contributed by atoms with van der Waals surface area (Å²) in [7, 11) is 0. The number of ether oxygens (including phenoxy) is 25. The molecule has 0 bridgehead atoms. The van der Waals surface area contributed by atoms with E-state index in [1.54, 1.807) is 6.92 Å². The molecule has 4 heterocycles. The van der Waals surface area contributed by atoms with Crippen LogP contribution in [0.15, 0.2) is 0 Å². The van der Waals surface area contributed by atoms with Crippen molar-refractivity contribution >= 4 is 35.6 Å². The van der Waals surface area contributed by atoms with Gasteiger partial charge in [-0.25, -0.2) is 4.79 Å². The molecule has 0 aromatic carbocycles. The van der Waals surface area contributed by atoms with Crippen LogP contribution in [0, 0.1) is 23.7 Å². The van der Waals surface area contributed by atoms with Crippen molar-refractivity contribution in [2.24, 2.45) is 23.7 Å². The van der Waals surface area contributed by atoms with Crippen molar-refractivity contribution in [1.29, 1.82) is 0 Å². The molecule has 0 aromatic heterocycles. The number of aliphatic hydroxyl groups excluding tert-OH is 10. The topological polar surface area (TPSA) is 609 Å². The Bertz CT molecular complexity index is 3250. The molecule has 14 N–H and O–H groups in total. The molecule has 4 saturated heterocycles. The molecule has 0 radical (unpaired) electrons. The molecule has 3 amide bonds. The largest absolute Gasteiger partial charge is 0.479 e. The monoisotopic (exact) mass is 2010 g/mol. The second-order valence-corrected chi connectivity index (χ2v) is 36.1. The Labute approximate surface area is 814 Å². The van der Waals surface area contributed by atoms with Gasteiger partial charge in [0.1, 0.15) is 98.5 Å². The highest BCUT2D eigenvalue weighted by Gasteiger charge is 2.54. The molecule has 10 unspecified atom stereocenters. The van der Waals surface area contributed by atoms with E-state index < -0.39 is 203 Å². The summed E-state index contributed by atoms with van der Waals surface area (Å²) in [6.45, 7) is 14.3. The van der Waals surface area contributed by atoms with Gasteiger partial charge in [0.2, 0.25) is 17.7 Å². The number of carbonyl (C=O) groups excluding carboxylic acids is 6. The number of nitrogens with one attached hydrogen (secondary N) is 3. The highest BCUT2D eigenvalue weighted by atomic mass is 16.8. The maximum Gasteiger partial charge on any atom is 0.373 e. The first-order chi connectivity index (χ1) is 67.4. The van der Waals surface area contributed by atoms with E-state index in [4.69, 9.17) is 128 Å². The minimum absolute atomic E-state index is 0.0387. The molecule has 8 fully saturated rings. The first-order valence-corrected chi connectivity index (χ1v) is 49.8. The fourth-order valence-electron chi connectivity index (χ4n) is 17.7. The van der Waals surface area contributed by atoms with Gasteiger partial charge in [-0.3, -0.25) is 19.2 Å². The van der Waals surface area contributed by atoms with Crippen molar-refractivity contribution in [2.45, 2.75) is 309 Å². The van der Waals surface area contributed by atoms with Gasteiger partial charge in [0, 0.05) is 19.4 Å². The van der Waals surface area contributed by atoms with Crippen LogP contribution in [0.3, 0.4) is 0 Å². The number of Topliss-reactive ketones (excluding diaryl/α,β-unsaturated/α-hetero) is 1. The molecule has 27 atom stereocenters. The minimum Gasteiger partial charge on any atom is -0.479 e. The minimum atomic E-state index is -1.65. The summed E-state index contributed by atoms with van der Waals surface area (Å²) in [5.41, 5.74) is 0. The summed E-state index contributed by atoms with van der Waals surface area (Å²) < 4.78 is 146. The average Bonchev–Trinajstić information content (AvgIpc) is 0.783. The Morgan fingerprint density at radius 3 is 1.06 bits per heavy atom. The first-order valence-electron chi connectivity index (χ1n) is 49.8. The summed E-state index contributed by atoms with van der Waals surface area (Å²) in [4.78, 5) is 82.2. The van der Waals surface area contributed by atoms with E-state index in [0.717, 1.165) is 77.0 Å². The van der Waals surface area contributed by atoms with Crippen LogP contribution < -0.4 is 16.0 Å².